The van der Waals surface area contributed by atoms with E-state index in [1.807, 2.05) is 0 Å². The maximum Gasteiger partial charge on any atom is 0.335 e. The molecule has 2 aromatic carbocycles. The molecular weight excluding hydrogens is 261 g/mol. The zero-order valence-corrected chi connectivity index (χ0v) is 10.5. The Morgan fingerprint density at radius 1 is 1.25 bits per heavy atom. The summed E-state index contributed by atoms with van der Waals surface area (Å²) in [5, 5.41) is 16.9. The van der Waals surface area contributed by atoms with Crippen LogP contribution in [-0.4, -0.2) is 26.1 Å². The maximum atomic E-state index is 13.1. The van der Waals surface area contributed by atoms with Gasteiger partial charge in [0.05, 0.1) is 16.8 Å². The monoisotopic (exact) mass is 271 g/mol. The van der Waals surface area contributed by atoms with E-state index in [-0.39, 0.29) is 11.4 Å². The van der Waals surface area contributed by atoms with Crippen LogP contribution >= 0.6 is 0 Å². The minimum Gasteiger partial charge on any atom is -0.478 e. The van der Waals surface area contributed by atoms with Crippen LogP contribution in [0.25, 0.3) is 16.7 Å². The van der Waals surface area contributed by atoms with E-state index in [1.54, 1.807) is 23.7 Å². The third-order valence-corrected chi connectivity index (χ3v) is 3.08. The Morgan fingerprint density at radius 2 is 2.05 bits per heavy atom. The zero-order valence-electron chi connectivity index (χ0n) is 10.5. The lowest BCUT2D eigenvalue weighted by atomic mass is 10.1. The Kier molecular flexibility index (Phi) is 2.71. The number of aromatic nitrogens is 3. The number of carboxylic acid groups (broad SMARTS) is 1. The lowest BCUT2D eigenvalue weighted by Crippen LogP contribution is -2.00. The van der Waals surface area contributed by atoms with E-state index in [1.165, 1.54) is 24.3 Å². The molecule has 20 heavy (non-hydrogen) atoms. The fourth-order valence-electron chi connectivity index (χ4n) is 2.09. The van der Waals surface area contributed by atoms with E-state index in [0.717, 1.165) is 5.56 Å². The molecule has 0 unspecified atom stereocenters. The minimum atomic E-state index is -1.01. The summed E-state index contributed by atoms with van der Waals surface area (Å²) < 4.78 is 14.7. The second-order valence-corrected chi connectivity index (χ2v) is 4.44. The van der Waals surface area contributed by atoms with Crippen molar-refractivity contribution >= 4 is 17.0 Å². The van der Waals surface area contributed by atoms with Crippen LogP contribution in [0, 0.1) is 12.7 Å². The molecule has 0 saturated carbocycles. The van der Waals surface area contributed by atoms with Crippen molar-refractivity contribution in [2.75, 3.05) is 0 Å². The highest BCUT2D eigenvalue weighted by Crippen LogP contribution is 2.20. The van der Waals surface area contributed by atoms with Crippen molar-refractivity contribution in [2.24, 2.45) is 0 Å². The van der Waals surface area contributed by atoms with Gasteiger partial charge >= 0.3 is 5.97 Å². The van der Waals surface area contributed by atoms with Crippen molar-refractivity contribution in [3.8, 4) is 5.69 Å². The first kappa shape index (κ1) is 12.3. The number of carbonyl (C=O) groups is 1. The summed E-state index contributed by atoms with van der Waals surface area (Å²) in [6.45, 7) is 1.78. The fraction of sp³-hybridized carbons (Fsp3) is 0.0714. The number of fused-ring (bicyclic) bond motifs is 1. The van der Waals surface area contributed by atoms with Crippen LogP contribution in [0.3, 0.4) is 0 Å². The van der Waals surface area contributed by atoms with Crippen molar-refractivity contribution < 1.29 is 14.3 Å². The highest BCUT2D eigenvalue weighted by atomic mass is 19.1. The van der Waals surface area contributed by atoms with Crippen molar-refractivity contribution in [1.82, 2.24) is 15.0 Å². The Morgan fingerprint density at radius 3 is 2.75 bits per heavy atom. The number of nitrogens with zero attached hydrogens (tertiary/aromatic N) is 3. The van der Waals surface area contributed by atoms with Crippen LogP contribution in [0.1, 0.15) is 15.9 Å². The smallest absolute Gasteiger partial charge is 0.335 e. The number of rotatable bonds is 2. The Balaban J connectivity index is 2.20. The Labute approximate surface area is 113 Å². The number of aryl methyl sites for hydroxylation is 1. The average molecular weight is 271 g/mol. The highest BCUT2D eigenvalue weighted by molar-refractivity contribution is 5.92. The fourth-order valence-corrected chi connectivity index (χ4v) is 2.09. The van der Waals surface area contributed by atoms with Gasteiger partial charge in [-0.15, -0.1) is 5.10 Å². The standard InChI is InChI=1S/C14H10FN3O2/c1-8-6-10(15)3-5-12(8)18-13-4-2-9(14(19)20)7-11(13)16-17-18/h2-7H,1H3,(H,19,20). The molecule has 0 aliphatic heterocycles. The van der Waals surface area contributed by atoms with Gasteiger partial charge in [-0.2, -0.15) is 0 Å². The van der Waals surface area contributed by atoms with Gasteiger partial charge < -0.3 is 5.11 Å². The van der Waals surface area contributed by atoms with Crippen LogP contribution in [-0.2, 0) is 0 Å². The van der Waals surface area contributed by atoms with Crippen LogP contribution in [0.2, 0.25) is 0 Å². The third kappa shape index (κ3) is 1.91. The molecule has 0 saturated heterocycles. The van der Waals surface area contributed by atoms with Gasteiger partial charge in [0.2, 0.25) is 0 Å². The van der Waals surface area contributed by atoms with Gasteiger partial charge in [-0.1, -0.05) is 5.21 Å². The largest absolute Gasteiger partial charge is 0.478 e. The van der Waals surface area contributed by atoms with Gasteiger partial charge in [0.25, 0.3) is 0 Å². The summed E-state index contributed by atoms with van der Waals surface area (Å²) in [6, 6.07) is 8.96. The summed E-state index contributed by atoms with van der Waals surface area (Å²) >= 11 is 0. The predicted octanol–water partition coefficient (Wildman–Crippen LogP) is 2.57. The molecule has 1 N–H and O–H groups in total. The highest BCUT2D eigenvalue weighted by Gasteiger charge is 2.11. The summed E-state index contributed by atoms with van der Waals surface area (Å²) in [4.78, 5) is 10.9. The number of aromatic carboxylic acids is 1. The molecule has 3 aromatic rings. The van der Waals surface area contributed by atoms with E-state index in [0.29, 0.717) is 16.7 Å². The first-order valence-corrected chi connectivity index (χ1v) is 5.91. The number of carboxylic acids is 1. The first-order valence-electron chi connectivity index (χ1n) is 5.91. The molecule has 0 amide bonds. The third-order valence-electron chi connectivity index (χ3n) is 3.08. The first-order chi connectivity index (χ1) is 9.56. The number of halogens is 1. The Hall–Kier alpha value is -2.76. The molecule has 0 fully saturated rings. The number of hydrogen-bond acceptors (Lipinski definition) is 3. The molecule has 0 spiro atoms. The topological polar surface area (TPSA) is 68.0 Å². The summed E-state index contributed by atoms with van der Waals surface area (Å²) in [6.07, 6.45) is 0. The molecular formula is C14H10FN3O2. The SMILES string of the molecule is Cc1cc(F)ccc1-n1nnc2cc(C(=O)O)ccc21. The normalized spacial score (nSPS) is 10.9. The van der Waals surface area contributed by atoms with Gasteiger partial charge in [0, 0.05) is 0 Å². The van der Waals surface area contributed by atoms with Gasteiger partial charge in [-0.05, 0) is 48.9 Å². The minimum absolute atomic E-state index is 0.153. The molecule has 0 aliphatic rings. The maximum absolute atomic E-state index is 13.1. The van der Waals surface area contributed by atoms with Crippen molar-refractivity contribution in [3.05, 3.63) is 53.3 Å². The average Bonchev–Trinajstić information content (AvgIpc) is 2.81. The van der Waals surface area contributed by atoms with E-state index in [9.17, 15) is 9.18 Å². The molecule has 5 nitrogen and oxygen atoms in total. The van der Waals surface area contributed by atoms with Gasteiger partial charge in [-0.3, -0.25) is 0 Å². The molecule has 1 heterocycles. The quantitative estimate of drug-likeness (QED) is 0.777. The van der Waals surface area contributed by atoms with Crippen molar-refractivity contribution in [3.63, 3.8) is 0 Å². The molecule has 100 valence electrons. The zero-order chi connectivity index (χ0) is 14.3. The Bertz CT molecular complexity index is 826. The number of benzene rings is 2. The second kappa shape index (κ2) is 4.41. The summed E-state index contributed by atoms with van der Waals surface area (Å²) in [5.74, 6) is -1.33. The summed E-state index contributed by atoms with van der Waals surface area (Å²) in [7, 11) is 0. The van der Waals surface area contributed by atoms with Crippen molar-refractivity contribution in [1.29, 1.82) is 0 Å². The molecule has 0 bridgehead atoms. The molecule has 3 rings (SSSR count). The van der Waals surface area contributed by atoms with Crippen LogP contribution in [0.4, 0.5) is 4.39 Å². The van der Waals surface area contributed by atoms with E-state index in [2.05, 4.69) is 10.3 Å². The van der Waals surface area contributed by atoms with Gasteiger partial charge in [-0.25, -0.2) is 13.9 Å². The van der Waals surface area contributed by atoms with Crippen LogP contribution in [0.5, 0.6) is 0 Å². The van der Waals surface area contributed by atoms with Crippen LogP contribution in [0.15, 0.2) is 36.4 Å². The molecule has 0 atom stereocenters. The second-order valence-electron chi connectivity index (χ2n) is 4.44. The molecule has 6 heteroatoms. The van der Waals surface area contributed by atoms with Crippen molar-refractivity contribution in [2.45, 2.75) is 6.92 Å². The summed E-state index contributed by atoms with van der Waals surface area (Å²) in [5.41, 5.74) is 2.73. The van der Waals surface area contributed by atoms with E-state index >= 15 is 0 Å². The molecule has 0 aliphatic carbocycles. The van der Waals surface area contributed by atoms with E-state index < -0.39 is 5.97 Å². The predicted molar refractivity (Wildman–Crippen MR) is 70.5 cm³/mol. The van der Waals surface area contributed by atoms with Gasteiger partial charge in [0.1, 0.15) is 11.3 Å². The van der Waals surface area contributed by atoms with Gasteiger partial charge in [0.15, 0.2) is 0 Å². The molecule has 1 aromatic heterocycles. The lowest BCUT2D eigenvalue weighted by Gasteiger charge is -2.06. The number of hydrogen-bond donors (Lipinski definition) is 1. The van der Waals surface area contributed by atoms with Crippen LogP contribution < -0.4 is 0 Å². The lowest BCUT2D eigenvalue weighted by molar-refractivity contribution is 0.0697. The van der Waals surface area contributed by atoms with E-state index in [4.69, 9.17) is 5.11 Å². The molecule has 0 radical (unpaired) electrons.